The van der Waals surface area contributed by atoms with Crippen LogP contribution in [0.3, 0.4) is 0 Å². The number of hydrogen-bond donors (Lipinski definition) is 1. The highest BCUT2D eigenvalue weighted by Crippen LogP contribution is 2.30. The fourth-order valence-corrected chi connectivity index (χ4v) is 4.34. The number of rotatable bonds is 3. The molecule has 1 atom stereocenters. The van der Waals surface area contributed by atoms with E-state index in [1.807, 2.05) is 24.7 Å². The first-order valence-corrected chi connectivity index (χ1v) is 8.90. The van der Waals surface area contributed by atoms with Crippen LogP contribution in [0.1, 0.15) is 41.0 Å². The van der Waals surface area contributed by atoms with Crippen molar-refractivity contribution in [2.45, 2.75) is 44.7 Å². The summed E-state index contributed by atoms with van der Waals surface area (Å²) in [6.07, 6.45) is 3.78. The molecule has 1 saturated heterocycles. The van der Waals surface area contributed by atoms with Crippen molar-refractivity contribution in [1.29, 1.82) is 0 Å². The molecule has 23 heavy (non-hydrogen) atoms. The Balaban J connectivity index is 1.58. The lowest BCUT2D eigenvalue weighted by atomic mass is 10.2. The predicted octanol–water partition coefficient (Wildman–Crippen LogP) is 1.83. The van der Waals surface area contributed by atoms with Crippen LogP contribution in [-0.2, 0) is 11.8 Å². The lowest BCUT2D eigenvalue weighted by molar-refractivity contribution is -0.125. The molecule has 0 spiro atoms. The first-order chi connectivity index (χ1) is 11.0. The van der Waals surface area contributed by atoms with E-state index in [2.05, 4.69) is 10.4 Å². The molecule has 1 saturated carbocycles. The maximum atomic E-state index is 12.9. The topological polar surface area (TPSA) is 67.2 Å². The van der Waals surface area contributed by atoms with Gasteiger partial charge in [-0.1, -0.05) is 0 Å². The Morgan fingerprint density at radius 2 is 2.13 bits per heavy atom. The molecule has 0 radical (unpaired) electrons. The van der Waals surface area contributed by atoms with Crippen LogP contribution in [0.5, 0.6) is 0 Å². The second-order valence-electron chi connectivity index (χ2n) is 6.48. The summed E-state index contributed by atoms with van der Waals surface area (Å²) < 4.78 is 1.81. The Kier molecular flexibility index (Phi) is 3.41. The maximum Gasteiger partial charge on any atom is 0.264 e. The number of nitrogens with one attached hydrogen (secondary N) is 1. The van der Waals surface area contributed by atoms with Gasteiger partial charge in [0.05, 0.1) is 10.6 Å². The van der Waals surface area contributed by atoms with E-state index in [9.17, 15) is 9.59 Å². The van der Waals surface area contributed by atoms with Crippen molar-refractivity contribution in [2.24, 2.45) is 7.05 Å². The standard InChI is InChI=1S/C16H20N4O2S/c1-9-11-8-13(23-16(11)19(2)18-9)15(22)20-7-3-4-12(20)14(21)17-10-5-6-10/h8,10,12H,3-7H2,1-2H3,(H,17,21). The zero-order valence-electron chi connectivity index (χ0n) is 13.3. The fraction of sp³-hybridized carbons (Fsp3) is 0.562. The molecular weight excluding hydrogens is 312 g/mol. The molecule has 0 aromatic carbocycles. The lowest BCUT2D eigenvalue weighted by Gasteiger charge is -2.23. The molecule has 2 aromatic rings. The van der Waals surface area contributed by atoms with E-state index in [-0.39, 0.29) is 17.9 Å². The average Bonchev–Trinajstić information content (AvgIpc) is 2.99. The van der Waals surface area contributed by atoms with Crippen LogP contribution in [0.2, 0.25) is 0 Å². The minimum Gasteiger partial charge on any atom is -0.352 e. The summed E-state index contributed by atoms with van der Waals surface area (Å²) in [5, 5.41) is 8.42. The van der Waals surface area contributed by atoms with E-state index >= 15 is 0 Å². The maximum absolute atomic E-state index is 12.9. The van der Waals surface area contributed by atoms with Crippen LogP contribution in [0.4, 0.5) is 0 Å². The highest BCUT2D eigenvalue weighted by Gasteiger charge is 2.37. The second kappa shape index (κ2) is 5.33. The fourth-order valence-electron chi connectivity index (χ4n) is 3.26. The Labute approximate surface area is 138 Å². The minimum absolute atomic E-state index is 0.0114. The van der Waals surface area contributed by atoms with Gasteiger partial charge in [-0.25, -0.2) is 0 Å². The summed E-state index contributed by atoms with van der Waals surface area (Å²) in [5.74, 6) is -0.0173. The summed E-state index contributed by atoms with van der Waals surface area (Å²) >= 11 is 1.46. The van der Waals surface area contributed by atoms with Gasteiger partial charge in [0.25, 0.3) is 5.91 Å². The van der Waals surface area contributed by atoms with Crippen LogP contribution in [0, 0.1) is 6.92 Å². The van der Waals surface area contributed by atoms with Gasteiger partial charge in [-0.3, -0.25) is 14.3 Å². The highest BCUT2D eigenvalue weighted by atomic mass is 32.1. The number of aryl methyl sites for hydroxylation is 2. The summed E-state index contributed by atoms with van der Waals surface area (Å²) in [6, 6.07) is 1.93. The van der Waals surface area contributed by atoms with Crippen molar-refractivity contribution in [1.82, 2.24) is 20.0 Å². The van der Waals surface area contributed by atoms with Crippen molar-refractivity contribution in [2.75, 3.05) is 6.54 Å². The zero-order valence-corrected chi connectivity index (χ0v) is 14.2. The number of aromatic nitrogens is 2. The number of hydrogen-bond acceptors (Lipinski definition) is 4. The van der Waals surface area contributed by atoms with Gasteiger partial charge < -0.3 is 10.2 Å². The summed E-state index contributed by atoms with van der Waals surface area (Å²) in [7, 11) is 1.89. The number of amides is 2. The molecular formula is C16H20N4O2S. The lowest BCUT2D eigenvalue weighted by Crippen LogP contribution is -2.46. The predicted molar refractivity (Wildman–Crippen MR) is 88.6 cm³/mol. The summed E-state index contributed by atoms with van der Waals surface area (Å²) in [4.78, 5) is 28.7. The number of fused-ring (bicyclic) bond motifs is 1. The molecule has 6 nitrogen and oxygen atoms in total. The minimum atomic E-state index is -0.312. The molecule has 1 aliphatic carbocycles. The summed E-state index contributed by atoms with van der Waals surface area (Å²) in [6.45, 7) is 2.61. The molecule has 1 N–H and O–H groups in total. The number of likely N-dealkylation sites (tertiary alicyclic amines) is 1. The van der Waals surface area contributed by atoms with Crippen LogP contribution in [0.15, 0.2) is 6.07 Å². The number of carbonyl (C=O) groups is 2. The smallest absolute Gasteiger partial charge is 0.264 e. The van der Waals surface area contributed by atoms with Gasteiger partial charge >= 0.3 is 0 Å². The number of carbonyl (C=O) groups excluding carboxylic acids is 2. The van der Waals surface area contributed by atoms with E-state index in [1.165, 1.54) is 11.3 Å². The Hall–Kier alpha value is -1.89. The molecule has 7 heteroatoms. The van der Waals surface area contributed by atoms with Gasteiger partial charge in [0, 0.05) is 25.0 Å². The highest BCUT2D eigenvalue weighted by molar-refractivity contribution is 7.20. The number of nitrogens with zero attached hydrogens (tertiary/aromatic N) is 3. The van der Waals surface area contributed by atoms with E-state index in [1.54, 1.807) is 4.90 Å². The number of thiophene rings is 1. The van der Waals surface area contributed by atoms with Crippen molar-refractivity contribution >= 4 is 33.4 Å². The molecule has 122 valence electrons. The van der Waals surface area contributed by atoms with E-state index in [4.69, 9.17) is 0 Å². The van der Waals surface area contributed by atoms with Crippen molar-refractivity contribution in [3.8, 4) is 0 Å². The SMILES string of the molecule is Cc1nn(C)c2sc(C(=O)N3CCCC3C(=O)NC3CC3)cc12. The van der Waals surface area contributed by atoms with Gasteiger partial charge in [-0.2, -0.15) is 5.10 Å². The van der Waals surface area contributed by atoms with Crippen LogP contribution >= 0.6 is 11.3 Å². The van der Waals surface area contributed by atoms with Gasteiger partial charge in [0.15, 0.2) is 0 Å². The Morgan fingerprint density at radius 1 is 1.35 bits per heavy atom. The first-order valence-electron chi connectivity index (χ1n) is 8.09. The molecule has 2 amide bonds. The summed E-state index contributed by atoms with van der Waals surface area (Å²) in [5.41, 5.74) is 0.933. The van der Waals surface area contributed by atoms with Crippen LogP contribution < -0.4 is 5.32 Å². The quantitative estimate of drug-likeness (QED) is 0.932. The molecule has 1 aliphatic heterocycles. The van der Waals surface area contributed by atoms with Crippen molar-refractivity contribution < 1.29 is 9.59 Å². The third-order valence-corrected chi connectivity index (χ3v) is 5.84. The van der Waals surface area contributed by atoms with Gasteiger partial charge in [-0.05, 0) is 38.7 Å². The van der Waals surface area contributed by atoms with Gasteiger partial charge in [0.1, 0.15) is 10.9 Å². The van der Waals surface area contributed by atoms with Crippen LogP contribution in [-0.4, -0.2) is 45.1 Å². The molecule has 4 rings (SSSR count). The average molecular weight is 332 g/mol. The van der Waals surface area contributed by atoms with Gasteiger partial charge in [0.2, 0.25) is 5.91 Å². The molecule has 3 heterocycles. The zero-order chi connectivity index (χ0) is 16.1. The normalized spacial score (nSPS) is 21.1. The molecule has 1 unspecified atom stereocenters. The van der Waals surface area contributed by atoms with Crippen LogP contribution in [0.25, 0.3) is 10.2 Å². The van der Waals surface area contributed by atoms with E-state index in [0.717, 1.165) is 41.6 Å². The Bertz CT molecular complexity index is 755. The first kappa shape index (κ1) is 14.7. The molecule has 2 aliphatic rings. The van der Waals surface area contributed by atoms with E-state index < -0.39 is 0 Å². The second-order valence-corrected chi connectivity index (χ2v) is 7.51. The molecule has 2 fully saturated rings. The third kappa shape index (κ3) is 2.52. The van der Waals surface area contributed by atoms with Crippen molar-refractivity contribution in [3.05, 3.63) is 16.6 Å². The largest absolute Gasteiger partial charge is 0.352 e. The van der Waals surface area contributed by atoms with Gasteiger partial charge in [-0.15, -0.1) is 11.3 Å². The monoisotopic (exact) mass is 332 g/mol. The van der Waals surface area contributed by atoms with Crippen molar-refractivity contribution in [3.63, 3.8) is 0 Å². The Morgan fingerprint density at radius 3 is 2.83 bits per heavy atom. The molecule has 0 bridgehead atoms. The van der Waals surface area contributed by atoms with E-state index in [0.29, 0.717) is 17.5 Å². The third-order valence-electron chi connectivity index (χ3n) is 4.65. The molecule has 2 aromatic heterocycles.